The van der Waals surface area contributed by atoms with Crippen LogP contribution in [-0.4, -0.2) is 39.1 Å². The van der Waals surface area contributed by atoms with E-state index in [1.165, 1.54) is 0 Å². The molecule has 0 unspecified atom stereocenters. The number of amides is 1. The Morgan fingerprint density at radius 3 is 2.93 bits per heavy atom. The van der Waals surface area contributed by atoms with E-state index in [0.29, 0.717) is 17.5 Å². The van der Waals surface area contributed by atoms with E-state index in [1.54, 1.807) is 29.1 Å². The van der Waals surface area contributed by atoms with Crippen LogP contribution in [0.5, 0.6) is 0 Å². The maximum Gasteiger partial charge on any atom is 0.232 e. The molecule has 1 amide bonds. The molecule has 0 aliphatic heterocycles. The topological polar surface area (TPSA) is 49.0 Å². The van der Waals surface area contributed by atoms with E-state index in [-0.39, 0.29) is 5.91 Å². The molecule has 1 rings (SSSR count). The van der Waals surface area contributed by atoms with Gasteiger partial charge in [-0.1, -0.05) is 13.8 Å². The number of hydrogen-bond donors (Lipinski definition) is 1. The van der Waals surface area contributed by atoms with Gasteiger partial charge in [0.2, 0.25) is 5.91 Å². The first-order valence-electron chi connectivity index (χ1n) is 4.93. The fourth-order valence-electron chi connectivity index (χ4n) is 1.07. The predicted octanol–water partition coefficient (Wildman–Crippen LogP) is 1.51. The van der Waals surface area contributed by atoms with Crippen LogP contribution >= 0.6 is 11.8 Å². The number of carbonyl (C=O) groups is 1. The Balaban J connectivity index is 2.33. The first kappa shape index (κ1) is 12.1. The average molecular weight is 227 g/mol. The van der Waals surface area contributed by atoms with Crippen LogP contribution in [0.3, 0.4) is 0 Å². The molecule has 84 valence electrons. The van der Waals surface area contributed by atoms with Crippen molar-refractivity contribution in [3.8, 4) is 0 Å². The Morgan fingerprint density at radius 2 is 2.40 bits per heavy atom. The van der Waals surface area contributed by atoms with Gasteiger partial charge in [0.05, 0.1) is 11.9 Å². The standard InChI is InChI=1S/C10H17N3OS/c1-8(2)15-7-10(14)13(3)6-9-4-11-12-5-9/h4-5,8H,6-7H2,1-3H3,(H,11,12). The number of nitrogens with one attached hydrogen (secondary N) is 1. The van der Waals surface area contributed by atoms with E-state index in [4.69, 9.17) is 0 Å². The first-order chi connectivity index (χ1) is 7.09. The van der Waals surface area contributed by atoms with Crippen LogP contribution in [0.4, 0.5) is 0 Å². The summed E-state index contributed by atoms with van der Waals surface area (Å²) in [6.07, 6.45) is 3.54. The van der Waals surface area contributed by atoms with Gasteiger partial charge in [-0.25, -0.2) is 0 Å². The van der Waals surface area contributed by atoms with E-state index in [9.17, 15) is 4.79 Å². The average Bonchev–Trinajstić information content (AvgIpc) is 2.66. The van der Waals surface area contributed by atoms with Gasteiger partial charge in [-0.15, -0.1) is 11.8 Å². The minimum absolute atomic E-state index is 0.162. The predicted molar refractivity (Wildman–Crippen MR) is 62.7 cm³/mol. The Bertz CT molecular complexity index is 298. The molecule has 0 spiro atoms. The molecule has 15 heavy (non-hydrogen) atoms. The monoisotopic (exact) mass is 227 g/mol. The lowest BCUT2D eigenvalue weighted by molar-refractivity contribution is -0.127. The van der Waals surface area contributed by atoms with Crippen molar-refractivity contribution in [2.24, 2.45) is 0 Å². The summed E-state index contributed by atoms with van der Waals surface area (Å²) in [6.45, 7) is 4.80. The molecule has 1 N–H and O–H groups in total. The highest BCUT2D eigenvalue weighted by atomic mass is 32.2. The Labute approximate surface area is 94.4 Å². The van der Waals surface area contributed by atoms with Gasteiger partial charge in [-0.3, -0.25) is 9.89 Å². The van der Waals surface area contributed by atoms with E-state index >= 15 is 0 Å². The summed E-state index contributed by atoms with van der Waals surface area (Å²) in [7, 11) is 1.82. The zero-order valence-electron chi connectivity index (χ0n) is 9.36. The Morgan fingerprint density at radius 1 is 1.67 bits per heavy atom. The first-order valence-corrected chi connectivity index (χ1v) is 5.97. The van der Waals surface area contributed by atoms with Crippen molar-refractivity contribution >= 4 is 17.7 Å². The number of rotatable bonds is 5. The van der Waals surface area contributed by atoms with Crippen molar-refractivity contribution in [1.29, 1.82) is 0 Å². The van der Waals surface area contributed by atoms with E-state index in [0.717, 1.165) is 5.56 Å². The van der Waals surface area contributed by atoms with Gasteiger partial charge in [0.15, 0.2) is 0 Å². The molecule has 0 radical (unpaired) electrons. The van der Waals surface area contributed by atoms with Gasteiger partial charge >= 0.3 is 0 Å². The summed E-state index contributed by atoms with van der Waals surface area (Å²) >= 11 is 1.67. The van der Waals surface area contributed by atoms with E-state index in [1.807, 2.05) is 7.05 Å². The van der Waals surface area contributed by atoms with Gasteiger partial charge in [0, 0.05) is 25.4 Å². The highest BCUT2D eigenvalue weighted by molar-refractivity contribution is 8.00. The second-order valence-corrected chi connectivity index (χ2v) is 5.28. The molecule has 0 aromatic carbocycles. The third-order valence-corrected chi connectivity index (χ3v) is 3.02. The van der Waals surface area contributed by atoms with Gasteiger partial charge in [0.1, 0.15) is 0 Å². The van der Waals surface area contributed by atoms with Crippen molar-refractivity contribution in [2.45, 2.75) is 25.6 Å². The fraction of sp³-hybridized carbons (Fsp3) is 0.600. The molecule has 0 saturated carbocycles. The third-order valence-electron chi connectivity index (χ3n) is 1.94. The molecular weight excluding hydrogens is 210 g/mol. The van der Waals surface area contributed by atoms with Gasteiger partial charge in [-0.2, -0.15) is 5.10 Å². The molecule has 1 aromatic heterocycles. The second kappa shape index (κ2) is 5.80. The second-order valence-electron chi connectivity index (χ2n) is 3.72. The number of aromatic amines is 1. The van der Waals surface area contributed by atoms with Crippen LogP contribution in [0.15, 0.2) is 12.4 Å². The molecule has 0 atom stereocenters. The summed E-state index contributed by atoms with van der Waals surface area (Å²) in [6, 6.07) is 0. The lowest BCUT2D eigenvalue weighted by Crippen LogP contribution is -2.28. The van der Waals surface area contributed by atoms with Crippen molar-refractivity contribution in [2.75, 3.05) is 12.8 Å². The van der Waals surface area contributed by atoms with Crippen LogP contribution in [-0.2, 0) is 11.3 Å². The lowest BCUT2D eigenvalue weighted by atomic mass is 10.3. The smallest absolute Gasteiger partial charge is 0.232 e. The molecule has 0 fully saturated rings. The summed E-state index contributed by atoms with van der Waals surface area (Å²) in [5.74, 6) is 0.710. The summed E-state index contributed by atoms with van der Waals surface area (Å²) in [5.41, 5.74) is 1.03. The fourth-order valence-corrected chi connectivity index (χ4v) is 1.77. The summed E-state index contributed by atoms with van der Waals surface area (Å²) in [4.78, 5) is 13.4. The molecule has 4 nitrogen and oxygen atoms in total. The molecule has 0 aliphatic rings. The van der Waals surface area contributed by atoms with E-state index < -0.39 is 0 Å². The zero-order valence-corrected chi connectivity index (χ0v) is 10.2. The van der Waals surface area contributed by atoms with Gasteiger partial charge in [-0.05, 0) is 5.25 Å². The van der Waals surface area contributed by atoms with Crippen LogP contribution in [0, 0.1) is 0 Å². The maximum atomic E-state index is 11.6. The Hall–Kier alpha value is -0.970. The molecule has 1 heterocycles. The van der Waals surface area contributed by atoms with Crippen molar-refractivity contribution in [3.63, 3.8) is 0 Å². The van der Waals surface area contributed by atoms with Crippen molar-refractivity contribution in [1.82, 2.24) is 15.1 Å². The molecule has 5 heteroatoms. The van der Waals surface area contributed by atoms with Crippen molar-refractivity contribution in [3.05, 3.63) is 18.0 Å². The lowest BCUT2D eigenvalue weighted by Gasteiger charge is -2.16. The minimum atomic E-state index is 0.162. The van der Waals surface area contributed by atoms with Crippen LogP contribution in [0.1, 0.15) is 19.4 Å². The van der Waals surface area contributed by atoms with Crippen LogP contribution in [0.2, 0.25) is 0 Å². The normalized spacial score (nSPS) is 10.7. The molecule has 0 bridgehead atoms. The maximum absolute atomic E-state index is 11.6. The van der Waals surface area contributed by atoms with Gasteiger partial charge in [0.25, 0.3) is 0 Å². The number of H-pyrrole nitrogens is 1. The van der Waals surface area contributed by atoms with Crippen LogP contribution < -0.4 is 0 Å². The molecule has 0 aliphatic carbocycles. The summed E-state index contributed by atoms with van der Waals surface area (Å²) in [5, 5.41) is 7.07. The number of thioether (sulfide) groups is 1. The number of carbonyl (C=O) groups excluding carboxylic acids is 1. The van der Waals surface area contributed by atoms with Crippen LogP contribution in [0.25, 0.3) is 0 Å². The molecule has 0 saturated heterocycles. The molecule has 1 aromatic rings. The largest absolute Gasteiger partial charge is 0.341 e. The molecular formula is C10H17N3OS. The number of hydrogen-bond acceptors (Lipinski definition) is 3. The van der Waals surface area contributed by atoms with Crippen molar-refractivity contribution < 1.29 is 4.79 Å². The van der Waals surface area contributed by atoms with E-state index in [2.05, 4.69) is 24.0 Å². The quantitative estimate of drug-likeness (QED) is 0.829. The Kier molecular flexibility index (Phi) is 4.68. The third kappa shape index (κ3) is 4.38. The number of aromatic nitrogens is 2. The minimum Gasteiger partial charge on any atom is -0.341 e. The number of nitrogens with zero attached hydrogens (tertiary/aromatic N) is 2. The zero-order chi connectivity index (χ0) is 11.3. The highest BCUT2D eigenvalue weighted by Gasteiger charge is 2.10. The SMILES string of the molecule is CC(C)SCC(=O)N(C)Cc1cn[nH]c1. The summed E-state index contributed by atoms with van der Waals surface area (Å²) < 4.78 is 0. The van der Waals surface area contributed by atoms with Gasteiger partial charge < -0.3 is 4.90 Å². The highest BCUT2D eigenvalue weighted by Crippen LogP contribution is 2.10.